The van der Waals surface area contributed by atoms with E-state index in [4.69, 9.17) is 131 Å². The van der Waals surface area contributed by atoms with Crippen LogP contribution in [0, 0.1) is 0 Å². The topological polar surface area (TPSA) is 372 Å². The van der Waals surface area contributed by atoms with Crippen LogP contribution in [0.2, 0.25) is 0 Å². The molecule has 15 aliphatic heterocycles. The van der Waals surface area contributed by atoms with Gasteiger partial charge in [0.1, 0.15) is 0 Å². The van der Waals surface area contributed by atoms with Gasteiger partial charge in [0.05, 0.1) is 210 Å². The molecule has 0 radical (unpaired) electrons. The molecule has 15 fully saturated rings. The van der Waals surface area contributed by atoms with E-state index in [1.54, 1.807) is 0 Å². The number of rotatable bonds is 42. The lowest BCUT2D eigenvalue weighted by Crippen LogP contribution is -2.38. The highest BCUT2D eigenvalue weighted by Gasteiger charge is 2.44. The first-order chi connectivity index (χ1) is 45.8. The van der Waals surface area contributed by atoms with Crippen LogP contribution in [-0.2, 0) is 71.1 Å². The number of anilines is 12. The van der Waals surface area contributed by atoms with Crippen LogP contribution < -0.4 is 44.1 Å². The molecule has 4 aromatic rings. The van der Waals surface area contributed by atoms with Gasteiger partial charge in [-0.2, -0.15) is 59.8 Å². The summed E-state index contributed by atoms with van der Waals surface area (Å²) in [5.74, 6) is 4.01. The SMILES string of the molecule is C1OC1CN(CC1CO1)c1nc(N(CC2CO2)CC2CO2)nc(N(CC2CO2)c2nc(N(CC3CO3)c3nc(N(CC4CO4)CC4CO4)nc(N(CC4CO4)CC4CO4)n3)nc(N(CC3CO3)c3nc(N(CC4CO4)CC4CO4)nc(N(CC4CO4)CC4CO4)n3)n2)n1. The number of aromatic nitrogens is 12. The van der Waals surface area contributed by atoms with Crippen molar-refractivity contribution in [1.29, 1.82) is 0 Å². The molecule has 0 aromatic carbocycles. The third kappa shape index (κ3) is 15.8. The second-order valence-corrected chi connectivity index (χ2v) is 26.5. The number of ether oxygens (including phenoxy) is 15. The quantitative estimate of drug-likeness (QED) is 0.0391. The van der Waals surface area contributed by atoms with Gasteiger partial charge < -0.3 is 100 Å². The Morgan fingerprint density at radius 1 is 0.161 bits per heavy atom. The monoisotopic (exact) mass is 1290 g/mol. The highest BCUT2D eigenvalue weighted by Crippen LogP contribution is 2.38. The zero-order chi connectivity index (χ0) is 61.1. The summed E-state index contributed by atoms with van der Waals surface area (Å²) in [6.07, 6.45) is -0.712. The fourth-order valence-electron chi connectivity index (χ4n) is 11.3. The zero-order valence-electron chi connectivity index (χ0n) is 51.4. The molecule has 93 heavy (non-hydrogen) atoms. The number of hydrogen-bond acceptors (Lipinski definition) is 36. The molecule has 0 amide bonds. The Labute approximate surface area is 533 Å². The van der Waals surface area contributed by atoms with Crippen molar-refractivity contribution >= 4 is 71.4 Å². The molecular weight excluding hydrogens is 1220 g/mol. The fourth-order valence-corrected chi connectivity index (χ4v) is 11.3. The van der Waals surface area contributed by atoms with Crippen molar-refractivity contribution in [2.45, 2.75) is 91.6 Å². The summed E-state index contributed by atoms with van der Waals surface area (Å²) in [5.41, 5.74) is 0. The molecule has 15 atom stereocenters. The number of hydrogen-bond donors (Lipinski definition) is 0. The van der Waals surface area contributed by atoms with Crippen molar-refractivity contribution in [1.82, 2.24) is 59.8 Å². The van der Waals surface area contributed by atoms with Crippen molar-refractivity contribution in [3.05, 3.63) is 0 Å². The molecule has 15 saturated heterocycles. The molecule has 0 saturated carbocycles. The van der Waals surface area contributed by atoms with Gasteiger partial charge in [0, 0.05) is 78.5 Å². The molecule has 0 N–H and O–H groups in total. The highest BCUT2D eigenvalue weighted by atomic mass is 16.6. The molecule has 0 bridgehead atoms. The van der Waals surface area contributed by atoms with Crippen LogP contribution in [0.15, 0.2) is 0 Å². The van der Waals surface area contributed by atoms with E-state index in [1.165, 1.54) is 0 Å². The van der Waals surface area contributed by atoms with Crippen LogP contribution in [0.5, 0.6) is 0 Å². The van der Waals surface area contributed by atoms with Gasteiger partial charge in [-0.25, -0.2) is 0 Å². The Hall–Kier alpha value is -6.36. The minimum Gasteiger partial charge on any atom is -0.371 e. The molecule has 4 aromatic heterocycles. The van der Waals surface area contributed by atoms with Crippen LogP contribution in [0.3, 0.4) is 0 Å². The van der Waals surface area contributed by atoms with Gasteiger partial charge in [0.15, 0.2) is 0 Å². The van der Waals surface area contributed by atoms with Crippen molar-refractivity contribution in [2.75, 3.05) is 241 Å². The molecular formula is C57H75N21O15. The Morgan fingerprint density at radius 3 is 0.376 bits per heavy atom. The first-order valence-corrected chi connectivity index (χ1v) is 32.9. The van der Waals surface area contributed by atoms with E-state index < -0.39 is 0 Å². The largest absolute Gasteiger partial charge is 0.371 e. The summed E-state index contributed by atoms with van der Waals surface area (Å²) >= 11 is 0. The van der Waals surface area contributed by atoms with Crippen molar-refractivity contribution in [2.24, 2.45) is 0 Å². The van der Waals surface area contributed by atoms with E-state index in [9.17, 15) is 0 Å². The smallest absolute Gasteiger partial charge is 0.239 e. The summed E-state index contributed by atoms with van der Waals surface area (Å²) in [5, 5.41) is 0. The van der Waals surface area contributed by atoms with E-state index in [2.05, 4.69) is 29.4 Å². The maximum absolute atomic E-state index is 6.12. The molecule has 0 aliphatic carbocycles. The van der Waals surface area contributed by atoms with E-state index in [1.807, 2.05) is 14.7 Å². The van der Waals surface area contributed by atoms with Gasteiger partial charge in [-0.15, -0.1) is 0 Å². The van der Waals surface area contributed by atoms with Crippen molar-refractivity contribution < 1.29 is 71.1 Å². The third-order valence-electron chi connectivity index (χ3n) is 17.8. The maximum Gasteiger partial charge on any atom is 0.239 e. The standard InChI is InChI=1S/C57H75N21O15/c1(31-16-79-31)70(2-32-17-80-32)46-58-47(71(3-33-18-81-33)4-34-19-82-34)62-52(61-46)76(13-43-28-91-43)55-67-56(77(14-44-29-92-44)53-63-48(72(5-35-20-83-35)6-36-21-84-36)59-49(64-53)73(7-37-22-85-37)8-38-23-86-38)69-57(68-55)78(15-45-30-93-45)54-65-50(74(9-39-24-87-39)10-40-25-88-40)60-51(66-54)75(11-41-26-89-41)12-42-27-90-42/h31-45H,1-30H2. The van der Waals surface area contributed by atoms with Gasteiger partial charge >= 0.3 is 0 Å². The van der Waals surface area contributed by atoms with Crippen LogP contribution in [0.1, 0.15) is 0 Å². The Morgan fingerprint density at radius 2 is 0.258 bits per heavy atom. The number of epoxide rings is 15. The normalized spacial score (nSPS) is 32.2. The lowest BCUT2D eigenvalue weighted by Gasteiger charge is -2.30. The summed E-state index contributed by atoms with van der Waals surface area (Å²) in [4.78, 5) is 83.3. The average molecular weight is 1290 g/mol. The van der Waals surface area contributed by atoms with Crippen LogP contribution in [0.4, 0.5) is 71.4 Å². The predicted molar refractivity (Wildman–Crippen MR) is 320 cm³/mol. The van der Waals surface area contributed by atoms with E-state index in [0.29, 0.717) is 213 Å². The molecule has 19 heterocycles. The van der Waals surface area contributed by atoms with Crippen molar-refractivity contribution in [3.8, 4) is 0 Å². The second kappa shape index (κ2) is 24.4. The molecule has 15 aliphatic rings. The molecule has 498 valence electrons. The Bertz CT molecular complexity index is 2760. The predicted octanol–water partition coefficient (Wildman–Crippen LogP) is -3.34. The van der Waals surface area contributed by atoms with Crippen LogP contribution in [0.25, 0.3) is 0 Å². The lowest BCUT2D eigenvalue weighted by atomic mass is 10.3. The first-order valence-electron chi connectivity index (χ1n) is 32.9. The first kappa shape index (κ1) is 58.0. The average Bonchev–Trinajstić information content (AvgIpc) is 1.53. The molecule has 15 unspecified atom stereocenters. The second-order valence-electron chi connectivity index (χ2n) is 26.5. The minimum atomic E-state index is -0.249. The van der Waals surface area contributed by atoms with Gasteiger partial charge in [-0.3, -0.25) is 14.7 Å². The summed E-state index contributed by atoms with van der Waals surface area (Å²) < 4.78 is 88.6. The maximum atomic E-state index is 6.12. The van der Waals surface area contributed by atoms with Gasteiger partial charge in [-0.05, 0) is 0 Å². The molecule has 36 nitrogen and oxygen atoms in total. The molecule has 0 spiro atoms. The number of nitrogens with zero attached hydrogens (tertiary/aromatic N) is 21. The minimum absolute atomic E-state index is 0.00299. The third-order valence-corrected chi connectivity index (χ3v) is 17.8. The van der Waals surface area contributed by atoms with E-state index in [0.717, 1.165) is 0 Å². The molecule has 36 heteroatoms. The summed E-state index contributed by atoms with van der Waals surface area (Å²) in [6.45, 7) is 16.3. The highest BCUT2D eigenvalue weighted by molar-refractivity contribution is 5.64. The van der Waals surface area contributed by atoms with Gasteiger partial charge in [-0.1, -0.05) is 0 Å². The molecule has 19 rings (SSSR count). The summed E-state index contributed by atoms with van der Waals surface area (Å²) in [6, 6.07) is 0. The lowest BCUT2D eigenvalue weighted by molar-refractivity contribution is 0.385. The zero-order valence-corrected chi connectivity index (χ0v) is 51.4. The van der Waals surface area contributed by atoms with Crippen LogP contribution >= 0.6 is 0 Å². The van der Waals surface area contributed by atoms with E-state index >= 15 is 0 Å². The Kier molecular flexibility index (Phi) is 15.2. The van der Waals surface area contributed by atoms with Gasteiger partial charge in [0.2, 0.25) is 71.4 Å². The van der Waals surface area contributed by atoms with Crippen LogP contribution in [-0.4, -0.2) is 349 Å². The Balaban J connectivity index is 0.797. The van der Waals surface area contributed by atoms with E-state index in [-0.39, 0.29) is 147 Å². The fraction of sp³-hybridized carbons (Fsp3) is 0.789. The summed E-state index contributed by atoms with van der Waals surface area (Å²) in [7, 11) is 0. The van der Waals surface area contributed by atoms with Crippen molar-refractivity contribution in [3.63, 3.8) is 0 Å². The van der Waals surface area contributed by atoms with Gasteiger partial charge in [0.25, 0.3) is 0 Å².